The van der Waals surface area contributed by atoms with Crippen LogP contribution < -0.4 is 5.32 Å². The van der Waals surface area contributed by atoms with Crippen LogP contribution in [0.15, 0.2) is 12.1 Å². The lowest BCUT2D eigenvalue weighted by atomic mass is 9.90. The van der Waals surface area contributed by atoms with E-state index >= 15 is 0 Å². The lowest BCUT2D eigenvalue weighted by molar-refractivity contribution is 0.220. The highest BCUT2D eigenvalue weighted by Gasteiger charge is 2.16. The molecule has 0 amide bonds. The van der Waals surface area contributed by atoms with Crippen LogP contribution in [-0.2, 0) is 0 Å². The quantitative estimate of drug-likeness (QED) is 0.817. The maximum Gasteiger partial charge on any atom is 0.127 e. The third-order valence-electron chi connectivity index (χ3n) is 2.62. The first-order valence-corrected chi connectivity index (χ1v) is 5.70. The normalized spacial score (nSPS) is 11.0. The first-order valence-electron chi connectivity index (χ1n) is 5.70. The molecule has 2 N–H and O–H groups in total. The molecule has 0 radical (unpaired) electrons. The van der Waals surface area contributed by atoms with Gasteiger partial charge in [0.05, 0.1) is 11.6 Å². The highest BCUT2D eigenvalue weighted by Crippen LogP contribution is 2.20. The average molecular weight is 233 g/mol. The molecular formula is C13H19N3O. The van der Waals surface area contributed by atoms with E-state index in [2.05, 4.69) is 30.2 Å². The molecule has 0 saturated carbocycles. The molecule has 0 saturated heterocycles. The largest absolute Gasteiger partial charge is 0.396 e. The highest BCUT2D eigenvalue weighted by atomic mass is 16.3. The van der Waals surface area contributed by atoms with Crippen LogP contribution in [-0.4, -0.2) is 23.2 Å². The van der Waals surface area contributed by atoms with Gasteiger partial charge in [-0.3, -0.25) is 0 Å². The number of nitriles is 1. The van der Waals surface area contributed by atoms with Crippen molar-refractivity contribution >= 4 is 5.82 Å². The van der Waals surface area contributed by atoms with Crippen LogP contribution in [0.5, 0.6) is 0 Å². The first kappa shape index (κ1) is 13.5. The van der Waals surface area contributed by atoms with Gasteiger partial charge in [0.2, 0.25) is 0 Å². The summed E-state index contributed by atoms with van der Waals surface area (Å²) < 4.78 is 0. The molecule has 0 bridgehead atoms. The van der Waals surface area contributed by atoms with Crippen molar-refractivity contribution in [3.63, 3.8) is 0 Å². The zero-order valence-electron chi connectivity index (χ0n) is 10.6. The van der Waals surface area contributed by atoms with E-state index in [-0.39, 0.29) is 12.0 Å². The second-order valence-corrected chi connectivity index (χ2v) is 4.99. The standard InChI is InChI=1S/C13H19N3O/c1-10-6-11(8-14)7-12(16-10)15-9-13(2,3)4-5-17/h6-7,17H,4-5,9H2,1-3H3,(H,15,16). The topological polar surface area (TPSA) is 68.9 Å². The minimum atomic E-state index is 0.00693. The zero-order chi connectivity index (χ0) is 12.9. The third-order valence-corrected chi connectivity index (χ3v) is 2.62. The molecule has 0 aromatic carbocycles. The lowest BCUT2D eigenvalue weighted by Crippen LogP contribution is -2.24. The second-order valence-electron chi connectivity index (χ2n) is 4.99. The van der Waals surface area contributed by atoms with Crippen molar-refractivity contribution in [2.75, 3.05) is 18.5 Å². The minimum absolute atomic E-state index is 0.00693. The fraction of sp³-hybridized carbons (Fsp3) is 0.538. The molecule has 1 aromatic rings. The first-order chi connectivity index (χ1) is 7.96. The van der Waals surface area contributed by atoms with Crippen LogP contribution in [0.25, 0.3) is 0 Å². The fourth-order valence-electron chi connectivity index (χ4n) is 1.54. The Kier molecular flexibility index (Phi) is 4.47. The summed E-state index contributed by atoms with van der Waals surface area (Å²) in [6.45, 7) is 6.92. The van der Waals surface area contributed by atoms with Crippen molar-refractivity contribution in [2.24, 2.45) is 5.41 Å². The van der Waals surface area contributed by atoms with Gasteiger partial charge in [0.25, 0.3) is 0 Å². The Labute approximate surface area is 102 Å². The zero-order valence-corrected chi connectivity index (χ0v) is 10.6. The number of pyridine rings is 1. The van der Waals surface area contributed by atoms with Gasteiger partial charge in [-0.05, 0) is 30.9 Å². The summed E-state index contributed by atoms with van der Waals surface area (Å²) >= 11 is 0. The van der Waals surface area contributed by atoms with Crippen LogP contribution in [0.2, 0.25) is 0 Å². The molecule has 1 rings (SSSR count). The van der Waals surface area contributed by atoms with Crippen molar-refractivity contribution < 1.29 is 5.11 Å². The molecule has 0 unspecified atom stereocenters. The second kappa shape index (κ2) is 5.65. The van der Waals surface area contributed by atoms with Crippen LogP contribution in [0.1, 0.15) is 31.5 Å². The fourth-order valence-corrected chi connectivity index (χ4v) is 1.54. The lowest BCUT2D eigenvalue weighted by Gasteiger charge is -2.24. The Bertz CT molecular complexity index is 421. The number of nitrogens with zero attached hydrogens (tertiary/aromatic N) is 2. The SMILES string of the molecule is Cc1cc(C#N)cc(NCC(C)(C)CCO)n1. The number of rotatable bonds is 5. The maximum absolute atomic E-state index is 8.94. The van der Waals surface area contributed by atoms with Crippen molar-refractivity contribution in [3.05, 3.63) is 23.4 Å². The molecule has 4 nitrogen and oxygen atoms in total. The Hall–Kier alpha value is -1.60. The molecule has 0 aliphatic carbocycles. The Morgan fingerprint density at radius 3 is 2.76 bits per heavy atom. The van der Waals surface area contributed by atoms with Gasteiger partial charge >= 0.3 is 0 Å². The van der Waals surface area contributed by atoms with Crippen LogP contribution >= 0.6 is 0 Å². The van der Waals surface area contributed by atoms with Crippen LogP contribution in [0.4, 0.5) is 5.82 Å². The minimum Gasteiger partial charge on any atom is -0.396 e. The van der Waals surface area contributed by atoms with E-state index < -0.39 is 0 Å². The van der Waals surface area contributed by atoms with E-state index in [4.69, 9.17) is 10.4 Å². The van der Waals surface area contributed by atoms with Gasteiger partial charge in [-0.2, -0.15) is 5.26 Å². The van der Waals surface area contributed by atoms with Crippen LogP contribution in [0.3, 0.4) is 0 Å². The van der Waals surface area contributed by atoms with E-state index in [1.807, 2.05) is 6.92 Å². The van der Waals surface area contributed by atoms with Gasteiger partial charge in [-0.1, -0.05) is 13.8 Å². The van der Waals surface area contributed by atoms with Gasteiger partial charge in [0, 0.05) is 18.8 Å². The number of hydrogen-bond acceptors (Lipinski definition) is 4. The van der Waals surface area contributed by atoms with Gasteiger partial charge in [0.1, 0.15) is 5.82 Å². The molecular weight excluding hydrogens is 214 g/mol. The molecule has 1 heterocycles. The van der Waals surface area contributed by atoms with E-state index in [9.17, 15) is 0 Å². The molecule has 0 aliphatic heterocycles. The molecule has 92 valence electrons. The Morgan fingerprint density at radius 2 is 2.18 bits per heavy atom. The van der Waals surface area contributed by atoms with E-state index in [0.29, 0.717) is 11.4 Å². The maximum atomic E-state index is 8.94. The number of anilines is 1. The molecule has 17 heavy (non-hydrogen) atoms. The third kappa shape index (κ3) is 4.41. The number of aryl methyl sites for hydroxylation is 1. The van der Waals surface area contributed by atoms with Gasteiger partial charge in [-0.25, -0.2) is 4.98 Å². The molecule has 0 spiro atoms. The summed E-state index contributed by atoms with van der Waals surface area (Å²) in [6.07, 6.45) is 0.733. The average Bonchev–Trinajstić information content (AvgIpc) is 2.26. The molecule has 0 fully saturated rings. The number of aromatic nitrogens is 1. The summed E-state index contributed by atoms with van der Waals surface area (Å²) in [5, 5.41) is 21.0. The van der Waals surface area contributed by atoms with E-state index in [1.165, 1.54) is 0 Å². The Morgan fingerprint density at radius 1 is 1.47 bits per heavy atom. The number of aliphatic hydroxyl groups is 1. The summed E-state index contributed by atoms with van der Waals surface area (Å²) in [5.41, 5.74) is 1.44. The van der Waals surface area contributed by atoms with Crippen molar-refractivity contribution in [1.82, 2.24) is 4.98 Å². The summed E-state index contributed by atoms with van der Waals surface area (Å²) in [6, 6.07) is 5.60. The van der Waals surface area contributed by atoms with Crippen LogP contribution in [0, 0.1) is 23.7 Å². The van der Waals surface area contributed by atoms with Gasteiger partial charge < -0.3 is 10.4 Å². The van der Waals surface area contributed by atoms with E-state index in [1.54, 1.807) is 12.1 Å². The highest BCUT2D eigenvalue weighted by molar-refractivity contribution is 5.44. The molecule has 4 heteroatoms. The monoisotopic (exact) mass is 233 g/mol. The molecule has 0 aliphatic rings. The van der Waals surface area contributed by atoms with Crippen molar-refractivity contribution in [3.8, 4) is 6.07 Å². The summed E-state index contributed by atoms with van der Waals surface area (Å²) in [4.78, 5) is 4.32. The molecule has 1 aromatic heterocycles. The Balaban J connectivity index is 2.70. The predicted molar refractivity (Wildman–Crippen MR) is 67.7 cm³/mol. The van der Waals surface area contributed by atoms with E-state index in [0.717, 1.165) is 18.7 Å². The van der Waals surface area contributed by atoms with Gasteiger partial charge in [0.15, 0.2) is 0 Å². The number of aliphatic hydroxyl groups excluding tert-OH is 1. The van der Waals surface area contributed by atoms with Crippen molar-refractivity contribution in [2.45, 2.75) is 27.2 Å². The predicted octanol–water partition coefficient (Wildman–Crippen LogP) is 2.08. The summed E-state index contributed by atoms with van der Waals surface area (Å²) in [5.74, 6) is 0.715. The van der Waals surface area contributed by atoms with Crippen molar-refractivity contribution in [1.29, 1.82) is 5.26 Å². The van der Waals surface area contributed by atoms with Gasteiger partial charge in [-0.15, -0.1) is 0 Å². The smallest absolute Gasteiger partial charge is 0.127 e. The number of hydrogen-bond donors (Lipinski definition) is 2. The molecule has 0 atom stereocenters. The summed E-state index contributed by atoms with van der Waals surface area (Å²) in [7, 11) is 0. The number of nitrogens with one attached hydrogen (secondary N) is 1.